The summed E-state index contributed by atoms with van der Waals surface area (Å²) in [4.78, 5) is 17.7. The maximum atomic E-state index is 15.0. The molecule has 14 heteroatoms. The molecule has 10 nitrogen and oxygen atoms in total. The van der Waals surface area contributed by atoms with Crippen LogP contribution in [0.5, 0.6) is 23.1 Å². The fraction of sp³-hybridized carbons (Fsp3) is 0.225. The van der Waals surface area contributed by atoms with Crippen molar-refractivity contribution >= 4 is 23.2 Å². The van der Waals surface area contributed by atoms with E-state index in [1.54, 1.807) is 33.6 Å². The number of alkyl halides is 3. The third kappa shape index (κ3) is 7.44. The molecule has 2 aromatic heterocycles. The normalized spacial score (nSPS) is 13.3. The van der Waals surface area contributed by atoms with E-state index in [2.05, 4.69) is 15.3 Å². The number of halogens is 4. The van der Waals surface area contributed by atoms with Gasteiger partial charge in [-0.1, -0.05) is 41.9 Å². The van der Waals surface area contributed by atoms with Gasteiger partial charge in [0.05, 0.1) is 60.4 Å². The number of benzene rings is 3. The van der Waals surface area contributed by atoms with E-state index in [0.29, 0.717) is 59.6 Å². The minimum Gasteiger partial charge on any atom is -0.497 e. The highest BCUT2D eigenvalue weighted by atomic mass is 35.5. The largest absolute Gasteiger partial charge is 0.497 e. The summed E-state index contributed by atoms with van der Waals surface area (Å²) < 4.78 is 67.2. The maximum Gasteiger partial charge on any atom is 0.418 e. The van der Waals surface area contributed by atoms with Crippen molar-refractivity contribution in [1.29, 1.82) is 0 Å². The van der Waals surface area contributed by atoms with E-state index in [1.807, 2.05) is 70.5 Å². The van der Waals surface area contributed by atoms with Crippen LogP contribution in [0.15, 0.2) is 96.3 Å². The minimum absolute atomic E-state index is 0.0137. The number of rotatable bonds is 11. The van der Waals surface area contributed by atoms with Crippen molar-refractivity contribution in [2.24, 2.45) is 4.99 Å². The van der Waals surface area contributed by atoms with Crippen LogP contribution in [-0.4, -0.2) is 42.9 Å². The smallest absolute Gasteiger partial charge is 0.418 e. The quantitative estimate of drug-likeness (QED) is 0.154. The molecule has 2 aliphatic heterocycles. The highest BCUT2D eigenvalue weighted by molar-refractivity contribution is 6.33. The first-order chi connectivity index (χ1) is 26.1. The van der Waals surface area contributed by atoms with Gasteiger partial charge in [-0.2, -0.15) is 13.2 Å². The average Bonchev–Trinajstić information content (AvgIpc) is 3.35. The first kappa shape index (κ1) is 36.4. The fourth-order valence-electron chi connectivity index (χ4n) is 6.50. The Kier molecular flexibility index (Phi) is 10.2. The zero-order chi connectivity index (χ0) is 38.0. The van der Waals surface area contributed by atoms with Crippen LogP contribution in [0.4, 0.5) is 19.0 Å². The number of nitrogens with one attached hydrogen (secondary N) is 1. The summed E-state index contributed by atoms with van der Waals surface area (Å²) in [6.45, 7) is 2.55. The van der Waals surface area contributed by atoms with E-state index < -0.39 is 11.7 Å². The van der Waals surface area contributed by atoms with Gasteiger partial charge in [0.25, 0.3) is 0 Å². The first-order valence-electron chi connectivity index (χ1n) is 16.9. The van der Waals surface area contributed by atoms with Crippen LogP contribution in [0.3, 0.4) is 0 Å². The second-order valence-corrected chi connectivity index (χ2v) is 13.0. The molecule has 0 bridgehead atoms. The second-order valence-electron chi connectivity index (χ2n) is 12.6. The molecule has 278 valence electrons. The molecule has 0 radical (unpaired) electrons. The molecule has 0 saturated heterocycles. The lowest BCUT2D eigenvalue weighted by Crippen LogP contribution is -2.44. The van der Waals surface area contributed by atoms with E-state index in [0.717, 1.165) is 11.1 Å². The van der Waals surface area contributed by atoms with Gasteiger partial charge in [0, 0.05) is 30.9 Å². The average molecular weight is 757 g/mol. The monoisotopic (exact) mass is 756 g/mol. The second kappa shape index (κ2) is 15.2. The third-order valence-corrected chi connectivity index (χ3v) is 9.48. The predicted molar refractivity (Wildman–Crippen MR) is 199 cm³/mol. The Morgan fingerprint density at radius 2 is 1.56 bits per heavy atom. The summed E-state index contributed by atoms with van der Waals surface area (Å²) >= 11 is 7.10. The van der Waals surface area contributed by atoms with Crippen molar-refractivity contribution < 1.29 is 32.1 Å². The molecule has 7 rings (SSSR count). The van der Waals surface area contributed by atoms with Gasteiger partial charge < -0.3 is 34.1 Å². The van der Waals surface area contributed by atoms with Gasteiger partial charge in [0.15, 0.2) is 0 Å². The third-order valence-electron chi connectivity index (χ3n) is 9.10. The molecule has 2 aliphatic rings. The van der Waals surface area contributed by atoms with E-state index in [9.17, 15) is 0 Å². The van der Waals surface area contributed by atoms with E-state index in [4.69, 9.17) is 35.5 Å². The molecule has 0 atom stereocenters. The highest BCUT2D eigenvalue weighted by Crippen LogP contribution is 2.42. The van der Waals surface area contributed by atoms with Crippen LogP contribution in [0.25, 0.3) is 17.1 Å². The Hall–Kier alpha value is -5.95. The van der Waals surface area contributed by atoms with Crippen LogP contribution in [-0.2, 0) is 25.8 Å². The zero-order valence-electron chi connectivity index (χ0n) is 29.9. The molecule has 0 saturated carbocycles. The Morgan fingerprint density at radius 3 is 2.17 bits per heavy atom. The molecule has 1 N–H and O–H groups in total. The van der Waals surface area contributed by atoms with Crippen LogP contribution >= 0.6 is 11.6 Å². The predicted octanol–water partition coefficient (Wildman–Crippen LogP) is 6.97. The SMILES string of the molecule is COc1ccc(CN(Cc2ccc(OC)cc2)c2cc(C)c(C(F)(F)F)c(-c3cc4c5c(c3Cl)=NCNC=5N(Cc3cccc(OC)n3)C=CO4)n2)cc1. The number of pyridine rings is 2. The Morgan fingerprint density at radius 1 is 0.889 bits per heavy atom. The summed E-state index contributed by atoms with van der Waals surface area (Å²) in [7, 11) is 4.72. The number of methoxy groups -OCH3 is 3. The summed E-state index contributed by atoms with van der Waals surface area (Å²) in [5.74, 6) is 3.03. The maximum absolute atomic E-state index is 15.0. The van der Waals surface area contributed by atoms with E-state index in [1.165, 1.54) is 25.3 Å². The van der Waals surface area contributed by atoms with Crippen molar-refractivity contribution in [3.63, 3.8) is 0 Å². The number of hydrogen-bond donors (Lipinski definition) is 1. The lowest BCUT2D eigenvalue weighted by molar-refractivity contribution is -0.137. The van der Waals surface area contributed by atoms with Gasteiger partial charge in [-0.3, -0.25) is 4.99 Å². The molecular weight excluding hydrogens is 721 g/mol. The highest BCUT2D eigenvalue weighted by Gasteiger charge is 2.38. The first-order valence-corrected chi connectivity index (χ1v) is 17.3. The van der Waals surface area contributed by atoms with Crippen LogP contribution < -0.4 is 39.7 Å². The van der Waals surface area contributed by atoms with Crippen molar-refractivity contribution in [3.8, 4) is 34.4 Å². The molecular formula is C40H36ClF3N6O4. The molecule has 0 unspecified atom stereocenters. The number of ether oxygens (including phenoxy) is 4. The fourth-order valence-corrected chi connectivity index (χ4v) is 6.80. The molecule has 4 heterocycles. The minimum atomic E-state index is -4.76. The molecule has 3 aromatic carbocycles. The zero-order valence-corrected chi connectivity index (χ0v) is 30.6. The number of nitrogens with zero attached hydrogens (tertiary/aromatic N) is 5. The molecule has 5 aromatic rings. The number of anilines is 1. The standard InChI is InChI=1S/C40H36ClF3N6O4/c1-24-18-32(50(20-25-8-12-28(51-2)13-9-25)21-26-10-14-29(52-3)15-11-26)48-37(35(24)40(42,43)44)30-19-31-34-38(36(30)41)45-23-46-39(34)49(16-17-54-31)22-27-6-5-7-33(47-27)53-4/h5-19,46H,20-23H2,1-4H3. The van der Waals surface area contributed by atoms with Crippen LogP contribution in [0.2, 0.25) is 5.02 Å². The van der Waals surface area contributed by atoms with Gasteiger partial charge in [-0.05, 0) is 66.1 Å². The van der Waals surface area contributed by atoms with E-state index in [-0.39, 0.29) is 39.6 Å². The molecule has 54 heavy (non-hydrogen) atoms. The summed E-state index contributed by atoms with van der Waals surface area (Å²) in [6.07, 6.45) is -1.58. The Bertz CT molecular complexity index is 2290. The van der Waals surface area contributed by atoms with Crippen LogP contribution in [0.1, 0.15) is 27.9 Å². The van der Waals surface area contributed by atoms with Gasteiger partial charge in [0.1, 0.15) is 41.8 Å². The van der Waals surface area contributed by atoms with Crippen molar-refractivity contribution in [3.05, 3.63) is 135 Å². The van der Waals surface area contributed by atoms with Gasteiger partial charge >= 0.3 is 6.18 Å². The van der Waals surface area contributed by atoms with Crippen molar-refractivity contribution in [2.75, 3.05) is 32.9 Å². The molecule has 0 aliphatic carbocycles. The molecule has 0 fully saturated rings. The van der Waals surface area contributed by atoms with Gasteiger partial charge in [0.2, 0.25) is 5.88 Å². The Balaban J connectivity index is 1.37. The molecule has 0 amide bonds. The van der Waals surface area contributed by atoms with Crippen molar-refractivity contribution in [2.45, 2.75) is 32.7 Å². The lowest BCUT2D eigenvalue weighted by Gasteiger charge is -2.27. The summed E-state index contributed by atoms with van der Waals surface area (Å²) in [5.41, 5.74) is 1.31. The number of hydrogen-bond acceptors (Lipinski definition) is 10. The summed E-state index contributed by atoms with van der Waals surface area (Å²) in [6, 6.07) is 23.4. The van der Waals surface area contributed by atoms with Gasteiger partial charge in [-0.15, -0.1) is 0 Å². The molecule has 0 spiro atoms. The van der Waals surface area contributed by atoms with Crippen molar-refractivity contribution in [1.82, 2.24) is 20.2 Å². The van der Waals surface area contributed by atoms with E-state index >= 15 is 13.2 Å². The van der Waals surface area contributed by atoms with Gasteiger partial charge in [-0.25, -0.2) is 9.97 Å². The summed E-state index contributed by atoms with van der Waals surface area (Å²) in [5, 5.41) is 4.09. The number of aromatic nitrogens is 2. The number of aryl methyl sites for hydroxylation is 1. The lowest BCUT2D eigenvalue weighted by atomic mass is 9.99. The Labute approximate surface area is 314 Å². The topological polar surface area (TPSA) is 93.6 Å². The van der Waals surface area contributed by atoms with Crippen LogP contribution in [0, 0.1) is 6.92 Å².